The molecule has 5 nitrogen and oxygen atoms in total. The molecule has 1 aromatic rings. The van der Waals surface area contributed by atoms with Crippen LogP contribution in [0.3, 0.4) is 0 Å². The van der Waals surface area contributed by atoms with E-state index in [2.05, 4.69) is 5.32 Å². The summed E-state index contributed by atoms with van der Waals surface area (Å²) < 4.78 is 55.7. The zero-order valence-corrected chi connectivity index (χ0v) is 12.5. The molecule has 0 saturated carbocycles. The van der Waals surface area contributed by atoms with E-state index in [4.69, 9.17) is 4.74 Å². The van der Waals surface area contributed by atoms with E-state index in [0.29, 0.717) is 25.2 Å². The first-order valence-corrected chi connectivity index (χ1v) is 7.81. The maximum absolute atomic E-state index is 13.5. The zero-order valence-electron chi connectivity index (χ0n) is 11.7. The smallest absolute Gasteiger partial charge is 0.238 e. The van der Waals surface area contributed by atoms with Crippen LogP contribution in [0, 0.1) is 11.6 Å². The Morgan fingerprint density at radius 3 is 2.67 bits per heavy atom. The van der Waals surface area contributed by atoms with Crippen LogP contribution in [-0.4, -0.2) is 39.8 Å². The number of carbonyl (C=O) groups is 1. The highest BCUT2D eigenvalue weighted by Crippen LogP contribution is 2.20. The Bertz CT molecular complexity index is 604. The maximum atomic E-state index is 13.5. The summed E-state index contributed by atoms with van der Waals surface area (Å²) in [6.07, 6.45) is 0.517. The summed E-state index contributed by atoms with van der Waals surface area (Å²) in [7, 11) is -2.79. The molecule has 0 aromatic heterocycles. The SMILES string of the molecule is COCCCNC(=O)[C@H](C)S(=O)(=O)c1cc(F)ccc1F. The van der Waals surface area contributed by atoms with Gasteiger partial charge in [-0.3, -0.25) is 4.79 Å². The van der Waals surface area contributed by atoms with Crippen LogP contribution in [0.5, 0.6) is 0 Å². The van der Waals surface area contributed by atoms with Gasteiger partial charge in [-0.15, -0.1) is 0 Å². The van der Waals surface area contributed by atoms with Gasteiger partial charge in [0, 0.05) is 20.3 Å². The number of halogens is 2. The molecule has 0 saturated heterocycles. The number of hydrogen-bond donors (Lipinski definition) is 1. The minimum Gasteiger partial charge on any atom is -0.385 e. The number of ether oxygens (including phenoxy) is 1. The van der Waals surface area contributed by atoms with Crippen LogP contribution in [-0.2, 0) is 19.4 Å². The number of methoxy groups -OCH3 is 1. The van der Waals surface area contributed by atoms with Gasteiger partial charge in [0.2, 0.25) is 5.91 Å². The van der Waals surface area contributed by atoms with E-state index in [1.165, 1.54) is 7.11 Å². The van der Waals surface area contributed by atoms with Crippen molar-refractivity contribution in [2.45, 2.75) is 23.5 Å². The third kappa shape index (κ3) is 4.47. The van der Waals surface area contributed by atoms with Gasteiger partial charge < -0.3 is 10.1 Å². The van der Waals surface area contributed by atoms with Crippen molar-refractivity contribution in [1.29, 1.82) is 0 Å². The van der Waals surface area contributed by atoms with Gasteiger partial charge in [0.05, 0.1) is 0 Å². The Morgan fingerprint density at radius 1 is 1.38 bits per heavy atom. The van der Waals surface area contributed by atoms with Gasteiger partial charge in [0.1, 0.15) is 21.8 Å². The normalized spacial score (nSPS) is 13.0. The summed E-state index contributed by atoms with van der Waals surface area (Å²) in [6, 6.07) is 2.09. The molecule has 8 heteroatoms. The average molecular weight is 321 g/mol. The molecule has 0 radical (unpaired) electrons. The van der Waals surface area contributed by atoms with E-state index in [-0.39, 0.29) is 6.54 Å². The monoisotopic (exact) mass is 321 g/mol. The molecule has 0 bridgehead atoms. The number of nitrogens with one attached hydrogen (secondary N) is 1. The molecule has 1 amide bonds. The Hall–Kier alpha value is -1.54. The van der Waals surface area contributed by atoms with Crippen molar-refractivity contribution in [2.24, 2.45) is 0 Å². The molecule has 118 valence electrons. The fourth-order valence-electron chi connectivity index (χ4n) is 1.60. The largest absolute Gasteiger partial charge is 0.385 e. The van der Waals surface area contributed by atoms with Gasteiger partial charge in [0.25, 0.3) is 0 Å². The summed E-state index contributed by atoms with van der Waals surface area (Å²) in [6.45, 7) is 1.78. The molecule has 0 aliphatic carbocycles. The molecular formula is C13H17F2NO4S. The Balaban J connectivity index is 2.86. The number of benzene rings is 1. The fourth-order valence-corrected chi connectivity index (χ4v) is 2.96. The van der Waals surface area contributed by atoms with Gasteiger partial charge in [-0.05, 0) is 31.5 Å². The number of sulfone groups is 1. The number of carbonyl (C=O) groups excluding carboxylic acids is 1. The minimum absolute atomic E-state index is 0.234. The van der Waals surface area contributed by atoms with E-state index >= 15 is 0 Å². The van der Waals surface area contributed by atoms with Gasteiger partial charge in [-0.2, -0.15) is 0 Å². The number of rotatable bonds is 7. The maximum Gasteiger partial charge on any atom is 0.238 e. The van der Waals surface area contributed by atoms with E-state index in [1.807, 2.05) is 0 Å². The molecule has 0 spiro atoms. The Kier molecular flexibility index (Phi) is 6.22. The second kappa shape index (κ2) is 7.46. The van der Waals surface area contributed by atoms with Crippen molar-refractivity contribution < 1.29 is 26.7 Å². The molecule has 0 unspecified atom stereocenters. The van der Waals surface area contributed by atoms with E-state index < -0.39 is 37.5 Å². The fraction of sp³-hybridized carbons (Fsp3) is 0.462. The number of hydrogen-bond acceptors (Lipinski definition) is 4. The highest BCUT2D eigenvalue weighted by Gasteiger charge is 2.32. The van der Waals surface area contributed by atoms with Crippen molar-refractivity contribution in [1.82, 2.24) is 5.32 Å². The third-order valence-electron chi connectivity index (χ3n) is 2.86. The van der Waals surface area contributed by atoms with Crippen molar-refractivity contribution in [3.63, 3.8) is 0 Å². The molecule has 1 atom stereocenters. The van der Waals surface area contributed by atoms with Crippen LogP contribution in [0.2, 0.25) is 0 Å². The van der Waals surface area contributed by atoms with E-state index in [0.717, 1.165) is 13.0 Å². The molecular weight excluding hydrogens is 304 g/mol. The topological polar surface area (TPSA) is 72.5 Å². The lowest BCUT2D eigenvalue weighted by Crippen LogP contribution is -2.38. The lowest BCUT2D eigenvalue weighted by Gasteiger charge is -2.14. The second-order valence-corrected chi connectivity index (χ2v) is 6.64. The second-order valence-electron chi connectivity index (χ2n) is 4.40. The van der Waals surface area contributed by atoms with Crippen LogP contribution in [0.25, 0.3) is 0 Å². The van der Waals surface area contributed by atoms with Gasteiger partial charge in [-0.25, -0.2) is 17.2 Å². The van der Waals surface area contributed by atoms with Crippen molar-refractivity contribution in [2.75, 3.05) is 20.3 Å². The first-order chi connectivity index (χ1) is 9.80. The molecule has 0 aliphatic heterocycles. The Morgan fingerprint density at radius 2 is 2.05 bits per heavy atom. The molecule has 21 heavy (non-hydrogen) atoms. The minimum atomic E-state index is -4.29. The molecule has 0 fully saturated rings. The van der Waals surface area contributed by atoms with Gasteiger partial charge in [0.15, 0.2) is 9.84 Å². The molecule has 1 N–H and O–H groups in total. The predicted molar refractivity (Wildman–Crippen MR) is 72.5 cm³/mol. The molecule has 1 aromatic carbocycles. The van der Waals surface area contributed by atoms with Crippen LogP contribution in [0.15, 0.2) is 23.1 Å². The third-order valence-corrected chi connectivity index (χ3v) is 4.93. The highest BCUT2D eigenvalue weighted by atomic mass is 32.2. The quantitative estimate of drug-likeness (QED) is 0.768. The molecule has 1 rings (SSSR count). The van der Waals surface area contributed by atoms with Gasteiger partial charge in [-0.1, -0.05) is 0 Å². The van der Waals surface area contributed by atoms with E-state index in [9.17, 15) is 22.0 Å². The van der Waals surface area contributed by atoms with Crippen LogP contribution >= 0.6 is 0 Å². The highest BCUT2D eigenvalue weighted by molar-refractivity contribution is 7.92. The molecule has 0 aliphatic rings. The van der Waals surface area contributed by atoms with Crippen molar-refractivity contribution >= 4 is 15.7 Å². The standard InChI is InChI=1S/C13H17F2NO4S/c1-9(13(17)16-6-3-7-20-2)21(18,19)12-8-10(14)4-5-11(12)15/h4-5,8-9H,3,6-7H2,1-2H3,(H,16,17)/t9-/m0/s1. The van der Waals surface area contributed by atoms with Crippen molar-refractivity contribution in [3.8, 4) is 0 Å². The predicted octanol–water partition coefficient (Wildman–Crippen LogP) is 1.28. The van der Waals surface area contributed by atoms with Crippen LogP contribution in [0.1, 0.15) is 13.3 Å². The Labute approximate surface area is 122 Å². The summed E-state index contributed by atoms with van der Waals surface area (Å²) >= 11 is 0. The summed E-state index contributed by atoms with van der Waals surface area (Å²) in [4.78, 5) is 11.0. The summed E-state index contributed by atoms with van der Waals surface area (Å²) in [5.41, 5.74) is 0. The van der Waals surface area contributed by atoms with Crippen LogP contribution < -0.4 is 5.32 Å². The summed E-state index contributed by atoms with van der Waals surface area (Å²) in [5.74, 6) is -2.74. The average Bonchev–Trinajstić information content (AvgIpc) is 2.45. The van der Waals surface area contributed by atoms with E-state index in [1.54, 1.807) is 0 Å². The van der Waals surface area contributed by atoms with Crippen molar-refractivity contribution in [3.05, 3.63) is 29.8 Å². The first kappa shape index (κ1) is 17.5. The lowest BCUT2D eigenvalue weighted by molar-refractivity contribution is -0.120. The summed E-state index contributed by atoms with van der Waals surface area (Å²) in [5, 5.41) is 0.896. The first-order valence-electron chi connectivity index (χ1n) is 6.26. The lowest BCUT2D eigenvalue weighted by atomic mass is 10.3. The molecule has 0 heterocycles. The van der Waals surface area contributed by atoms with Gasteiger partial charge >= 0.3 is 0 Å². The van der Waals surface area contributed by atoms with Crippen LogP contribution in [0.4, 0.5) is 8.78 Å². The number of amides is 1. The zero-order chi connectivity index (χ0) is 16.0.